The summed E-state index contributed by atoms with van der Waals surface area (Å²) < 4.78 is 31.3. The second-order valence-corrected chi connectivity index (χ2v) is 36.0. The first-order valence-corrected chi connectivity index (χ1v) is 33.4. The molecular formula is C39H82O5Sn2. The van der Waals surface area contributed by atoms with E-state index < -0.39 is 44.6 Å². The third-order valence-corrected chi connectivity index (χ3v) is 42.0. The molecule has 0 aromatic rings. The first kappa shape index (κ1) is 46.8. The monoisotopic (exact) mass is 870 g/mol. The van der Waals surface area contributed by atoms with Crippen molar-refractivity contribution in [2.24, 2.45) is 0 Å². The number of ether oxygens (including phenoxy) is 1. The van der Waals surface area contributed by atoms with Crippen molar-refractivity contribution in [3.8, 4) is 0 Å². The van der Waals surface area contributed by atoms with E-state index in [4.69, 9.17) is 12.3 Å². The Morgan fingerprint density at radius 3 is 1.07 bits per heavy atom. The van der Waals surface area contributed by atoms with Crippen LogP contribution in [0.15, 0.2) is 0 Å². The van der Waals surface area contributed by atoms with Crippen LogP contribution in [0.4, 0.5) is 4.79 Å². The summed E-state index contributed by atoms with van der Waals surface area (Å²) >= 11 is -7.50. The molecule has 0 aliphatic rings. The van der Waals surface area contributed by atoms with E-state index in [2.05, 4.69) is 34.6 Å². The SMILES string of the molecule is CCCCCCC[CH2][Sn]([CH2]CCCCCCC)([O]CCC)[O][Sn]([CH2]CCCCCCC)([CH2]CCCCCCC)[O]C(=O)OCCC. The number of carbonyl (C=O) groups excluding carboxylic acids is 1. The summed E-state index contributed by atoms with van der Waals surface area (Å²) in [6.45, 7) is 14.6. The van der Waals surface area contributed by atoms with Gasteiger partial charge in [-0.25, -0.2) is 0 Å². The molecule has 0 radical (unpaired) electrons. The Kier molecular flexibility index (Phi) is 34.8. The Morgan fingerprint density at radius 2 is 0.717 bits per heavy atom. The number of rotatable bonds is 36. The van der Waals surface area contributed by atoms with Crippen molar-refractivity contribution in [1.82, 2.24) is 0 Å². The summed E-state index contributed by atoms with van der Waals surface area (Å²) in [5.41, 5.74) is 0. The van der Waals surface area contributed by atoms with Crippen LogP contribution in [0.3, 0.4) is 0 Å². The molecule has 0 amide bonds. The molecule has 0 unspecified atom stereocenters. The minimum absolute atomic E-state index is 0.422. The number of hydrogen-bond acceptors (Lipinski definition) is 5. The molecule has 0 aliphatic carbocycles. The molecule has 0 heterocycles. The average Bonchev–Trinajstić information content (AvgIpc) is 3.05. The van der Waals surface area contributed by atoms with E-state index in [0.29, 0.717) is 6.61 Å². The zero-order chi connectivity index (χ0) is 34.0. The molecule has 0 saturated carbocycles. The van der Waals surface area contributed by atoms with Gasteiger partial charge in [0.1, 0.15) is 0 Å². The van der Waals surface area contributed by atoms with E-state index in [0.717, 1.165) is 50.0 Å². The van der Waals surface area contributed by atoms with Crippen LogP contribution in [0.1, 0.15) is 208 Å². The normalized spacial score (nSPS) is 12.1. The van der Waals surface area contributed by atoms with Gasteiger partial charge in [0.15, 0.2) is 0 Å². The third-order valence-electron chi connectivity index (χ3n) is 9.28. The van der Waals surface area contributed by atoms with Crippen LogP contribution < -0.4 is 0 Å². The summed E-state index contributed by atoms with van der Waals surface area (Å²) in [7, 11) is 0. The van der Waals surface area contributed by atoms with E-state index in [-0.39, 0.29) is 0 Å². The van der Waals surface area contributed by atoms with Gasteiger partial charge < -0.3 is 0 Å². The molecule has 276 valence electrons. The molecule has 0 saturated heterocycles. The number of carbonyl (C=O) groups is 1. The molecular weight excluding hydrogens is 786 g/mol. The first-order chi connectivity index (χ1) is 22.5. The van der Waals surface area contributed by atoms with Gasteiger partial charge in [0.25, 0.3) is 0 Å². The molecule has 0 aromatic carbocycles. The van der Waals surface area contributed by atoms with Crippen molar-refractivity contribution in [3.63, 3.8) is 0 Å². The van der Waals surface area contributed by atoms with E-state index in [1.807, 2.05) is 6.92 Å². The molecule has 0 atom stereocenters. The molecule has 5 nitrogen and oxygen atoms in total. The van der Waals surface area contributed by atoms with Gasteiger partial charge in [0.2, 0.25) is 0 Å². The molecule has 0 aliphatic heterocycles. The molecule has 7 heteroatoms. The predicted molar refractivity (Wildman–Crippen MR) is 204 cm³/mol. The summed E-state index contributed by atoms with van der Waals surface area (Å²) in [6, 6.07) is 0. The number of hydrogen-bond donors (Lipinski definition) is 0. The average molecular weight is 869 g/mol. The van der Waals surface area contributed by atoms with Gasteiger partial charge in [0.05, 0.1) is 0 Å². The maximum atomic E-state index is 13.3. The van der Waals surface area contributed by atoms with Gasteiger partial charge >= 0.3 is 301 Å². The van der Waals surface area contributed by atoms with Crippen molar-refractivity contribution in [2.45, 2.75) is 226 Å². The fraction of sp³-hybridized carbons (Fsp3) is 0.974. The summed E-state index contributed by atoms with van der Waals surface area (Å²) in [4.78, 5) is 13.3. The van der Waals surface area contributed by atoms with Crippen molar-refractivity contribution < 1.29 is 17.1 Å². The van der Waals surface area contributed by atoms with Crippen molar-refractivity contribution in [3.05, 3.63) is 0 Å². The minimum atomic E-state index is -3.91. The zero-order valence-electron chi connectivity index (χ0n) is 32.2. The molecule has 0 N–H and O–H groups in total. The van der Waals surface area contributed by atoms with E-state index in [1.54, 1.807) is 0 Å². The van der Waals surface area contributed by atoms with Crippen LogP contribution in [0.2, 0.25) is 17.7 Å². The van der Waals surface area contributed by atoms with Gasteiger partial charge in [-0.05, 0) is 0 Å². The summed E-state index contributed by atoms with van der Waals surface area (Å²) in [5, 5.41) is 0. The van der Waals surface area contributed by atoms with Crippen molar-refractivity contribution in [2.75, 3.05) is 13.2 Å². The Labute approximate surface area is 299 Å². The second kappa shape index (κ2) is 34.2. The molecule has 46 heavy (non-hydrogen) atoms. The fourth-order valence-electron chi connectivity index (χ4n) is 6.44. The Balaban J connectivity index is 6.25. The van der Waals surface area contributed by atoms with Crippen LogP contribution in [-0.4, -0.2) is 57.8 Å². The summed E-state index contributed by atoms with van der Waals surface area (Å²) in [5.74, 6) is 0. The maximum absolute atomic E-state index is 13.3. The van der Waals surface area contributed by atoms with Crippen molar-refractivity contribution >= 4 is 44.6 Å². The Hall–Kier alpha value is 0.787. The predicted octanol–water partition coefficient (Wildman–Crippen LogP) is 14.3. The topological polar surface area (TPSA) is 54.0 Å². The number of unbranched alkanes of at least 4 members (excludes halogenated alkanes) is 20. The van der Waals surface area contributed by atoms with E-state index >= 15 is 0 Å². The van der Waals surface area contributed by atoms with Gasteiger partial charge in [-0.1, -0.05) is 0 Å². The van der Waals surface area contributed by atoms with E-state index in [1.165, 1.54) is 141 Å². The molecule has 0 rings (SSSR count). The second-order valence-electron chi connectivity index (χ2n) is 14.0. The van der Waals surface area contributed by atoms with Crippen LogP contribution in [0, 0.1) is 0 Å². The Morgan fingerprint density at radius 1 is 0.391 bits per heavy atom. The van der Waals surface area contributed by atoms with Gasteiger partial charge in [-0.2, -0.15) is 0 Å². The third kappa shape index (κ3) is 26.6. The molecule has 0 spiro atoms. The van der Waals surface area contributed by atoms with Crippen LogP contribution in [0.25, 0.3) is 0 Å². The molecule has 0 fully saturated rings. The standard InChI is InChI=1S/4C8H17.C4H8O3.C3H7O.O.2Sn/c4*1-3-5-7-8-6-4-2;1-2-3-7-4(5)6;1-2-3-4;;;/h4*1,3-8H2,2H3;2-3H2,1H3,(H,5,6);2-3H2,1H3;;;/q;;;;;-1;;2*+1/p-1. The van der Waals surface area contributed by atoms with Crippen LogP contribution >= 0.6 is 0 Å². The Bertz CT molecular complexity index is 616. The first-order valence-electron chi connectivity index (χ1n) is 20.7. The van der Waals surface area contributed by atoms with Gasteiger partial charge in [-0.15, -0.1) is 0 Å². The summed E-state index contributed by atoms with van der Waals surface area (Å²) in [6.07, 6.45) is 31.8. The van der Waals surface area contributed by atoms with Crippen LogP contribution in [-0.2, 0) is 12.3 Å². The van der Waals surface area contributed by atoms with Gasteiger partial charge in [0, 0.05) is 0 Å². The molecule has 0 bridgehead atoms. The van der Waals surface area contributed by atoms with E-state index in [9.17, 15) is 4.79 Å². The van der Waals surface area contributed by atoms with Gasteiger partial charge in [-0.3, -0.25) is 0 Å². The quantitative estimate of drug-likeness (QED) is 0.0357. The zero-order valence-corrected chi connectivity index (χ0v) is 37.9. The van der Waals surface area contributed by atoms with Crippen molar-refractivity contribution in [1.29, 1.82) is 0 Å². The molecule has 0 aromatic heterocycles. The van der Waals surface area contributed by atoms with Crippen LogP contribution in [0.5, 0.6) is 0 Å². The fourth-order valence-corrected chi connectivity index (χ4v) is 47.1.